The summed E-state index contributed by atoms with van der Waals surface area (Å²) in [6.45, 7) is 3.30. The number of rotatable bonds is 6. The highest BCUT2D eigenvalue weighted by atomic mass is 19.1. The third-order valence-corrected chi connectivity index (χ3v) is 5.49. The summed E-state index contributed by atoms with van der Waals surface area (Å²) in [5.74, 6) is 0.416. The quantitative estimate of drug-likeness (QED) is 0.661. The number of methoxy groups -OCH3 is 1. The van der Waals surface area contributed by atoms with Crippen molar-refractivity contribution in [2.24, 2.45) is 7.05 Å². The van der Waals surface area contributed by atoms with Gasteiger partial charge in [0.1, 0.15) is 11.6 Å². The molecule has 1 aliphatic rings. The van der Waals surface area contributed by atoms with Gasteiger partial charge in [0.25, 0.3) is 0 Å². The molecule has 0 bridgehead atoms. The van der Waals surface area contributed by atoms with Crippen molar-refractivity contribution in [2.75, 3.05) is 50.1 Å². The first-order chi connectivity index (χ1) is 15.0. The molecular weight excluding hydrogens is 397 g/mol. The van der Waals surface area contributed by atoms with E-state index in [1.54, 1.807) is 30.1 Å². The summed E-state index contributed by atoms with van der Waals surface area (Å²) in [5.41, 5.74) is 3.36. The molecule has 0 aliphatic carbocycles. The van der Waals surface area contributed by atoms with E-state index in [1.807, 2.05) is 37.4 Å². The van der Waals surface area contributed by atoms with Crippen molar-refractivity contribution in [3.63, 3.8) is 0 Å². The number of nitrogens with one attached hydrogen (secondary N) is 1. The number of anilines is 2. The van der Waals surface area contributed by atoms with Gasteiger partial charge >= 0.3 is 0 Å². The van der Waals surface area contributed by atoms with Crippen molar-refractivity contribution < 1.29 is 13.9 Å². The van der Waals surface area contributed by atoms with E-state index in [2.05, 4.69) is 20.2 Å². The summed E-state index contributed by atoms with van der Waals surface area (Å²) < 4.78 is 20.7. The predicted molar refractivity (Wildman–Crippen MR) is 119 cm³/mol. The van der Waals surface area contributed by atoms with Crippen molar-refractivity contribution in [1.82, 2.24) is 14.7 Å². The van der Waals surface area contributed by atoms with Crippen LogP contribution < -0.4 is 15.0 Å². The van der Waals surface area contributed by atoms with Crippen LogP contribution in [-0.2, 0) is 11.8 Å². The standard InChI is InChI=1S/C23H26FN5O2/c1-27-21(8-9-25-27)20-15-18(6-7-22(20)31-2)26-23(30)16-28-10-12-29(13-11-28)19-5-3-4-17(24)14-19/h3-9,14-15H,10-13,16H2,1-2H3,(H,26,30). The van der Waals surface area contributed by atoms with Gasteiger partial charge in [0.15, 0.2) is 0 Å². The molecule has 1 aliphatic heterocycles. The molecule has 1 aromatic heterocycles. The van der Waals surface area contributed by atoms with Gasteiger partial charge < -0.3 is 15.0 Å². The number of benzene rings is 2. The lowest BCUT2D eigenvalue weighted by atomic mass is 10.1. The maximum absolute atomic E-state index is 13.5. The molecule has 31 heavy (non-hydrogen) atoms. The van der Waals surface area contributed by atoms with Gasteiger partial charge in [-0.1, -0.05) is 6.07 Å². The fraction of sp³-hybridized carbons (Fsp3) is 0.304. The normalized spacial score (nSPS) is 14.5. The van der Waals surface area contributed by atoms with E-state index in [0.29, 0.717) is 12.2 Å². The summed E-state index contributed by atoms with van der Waals surface area (Å²) >= 11 is 0. The zero-order valence-corrected chi connectivity index (χ0v) is 17.7. The zero-order chi connectivity index (χ0) is 21.8. The Kier molecular flexibility index (Phi) is 6.18. The van der Waals surface area contributed by atoms with Crippen LogP contribution in [-0.4, -0.2) is 60.4 Å². The van der Waals surface area contributed by atoms with E-state index >= 15 is 0 Å². The second kappa shape index (κ2) is 9.18. The van der Waals surface area contributed by atoms with Crippen molar-refractivity contribution >= 4 is 17.3 Å². The van der Waals surface area contributed by atoms with Crippen LogP contribution in [0.4, 0.5) is 15.8 Å². The summed E-state index contributed by atoms with van der Waals surface area (Å²) in [6.07, 6.45) is 1.73. The summed E-state index contributed by atoms with van der Waals surface area (Å²) in [6, 6.07) is 14.1. The van der Waals surface area contributed by atoms with Crippen LogP contribution in [0.5, 0.6) is 5.75 Å². The van der Waals surface area contributed by atoms with E-state index < -0.39 is 0 Å². The Morgan fingerprint density at radius 2 is 1.94 bits per heavy atom. The summed E-state index contributed by atoms with van der Waals surface area (Å²) in [7, 11) is 3.49. The lowest BCUT2D eigenvalue weighted by Gasteiger charge is -2.35. The Bertz CT molecular complexity index is 1060. The number of hydrogen-bond donors (Lipinski definition) is 1. The molecule has 0 unspecified atom stereocenters. The summed E-state index contributed by atoms with van der Waals surface area (Å²) in [5, 5.41) is 7.20. The minimum Gasteiger partial charge on any atom is -0.496 e. The number of hydrogen-bond acceptors (Lipinski definition) is 5. The fourth-order valence-corrected chi connectivity index (χ4v) is 3.86. The molecule has 1 fully saturated rings. The Morgan fingerprint density at radius 3 is 2.61 bits per heavy atom. The largest absolute Gasteiger partial charge is 0.496 e. The molecule has 2 heterocycles. The molecule has 0 saturated carbocycles. The Hall–Kier alpha value is -3.39. The van der Waals surface area contributed by atoms with Crippen LogP contribution in [0.25, 0.3) is 11.3 Å². The fourth-order valence-electron chi connectivity index (χ4n) is 3.86. The van der Waals surface area contributed by atoms with Crippen molar-refractivity contribution in [3.8, 4) is 17.0 Å². The lowest BCUT2D eigenvalue weighted by Crippen LogP contribution is -2.48. The van der Waals surface area contributed by atoms with Gasteiger partial charge in [0.2, 0.25) is 5.91 Å². The van der Waals surface area contributed by atoms with Gasteiger partial charge in [-0.05, 0) is 42.5 Å². The molecule has 0 spiro atoms. The van der Waals surface area contributed by atoms with Crippen molar-refractivity contribution in [2.45, 2.75) is 0 Å². The minimum atomic E-state index is -0.232. The van der Waals surface area contributed by atoms with Gasteiger partial charge in [-0.25, -0.2) is 4.39 Å². The van der Waals surface area contributed by atoms with Gasteiger partial charge in [-0.15, -0.1) is 0 Å². The molecule has 0 atom stereocenters. The molecule has 1 amide bonds. The van der Waals surface area contributed by atoms with Gasteiger partial charge in [-0.2, -0.15) is 5.10 Å². The number of nitrogens with zero attached hydrogens (tertiary/aromatic N) is 4. The first kappa shape index (κ1) is 20.9. The van der Waals surface area contributed by atoms with Crippen LogP contribution in [0.15, 0.2) is 54.7 Å². The Morgan fingerprint density at radius 1 is 1.13 bits per heavy atom. The smallest absolute Gasteiger partial charge is 0.238 e. The average Bonchev–Trinajstić information content (AvgIpc) is 3.20. The van der Waals surface area contributed by atoms with E-state index in [4.69, 9.17) is 4.74 Å². The molecule has 3 aromatic rings. The van der Waals surface area contributed by atoms with Crippen LogP contribution in [0.2, 0.25) is 0 Å². The Balaban J connectivity index is 1.36. The maximum Gasteiger partial charge on any atom is 0.238 e. The zero-order valence-electron chi connectivity index (χ0n) is 17.7. The molecule has 8 heteroatoms. The Labute approximate surface area is 181 Å². The SMILES string of the molecule is COc1ccc(NC(=O)CN2CCN(c3cccc(F)c3)CC2)cc1-c1ccnn1C. The molecule has 7 nitrogen and oxygen atoms in total. The first-order valence-corrected chi connectivity index (χ1v) is 10.2. The highest BCUT2D eigenvalue weighted by molar-refractivity contribution is 5.93. The van der Waals surface area contributed by atoms with E-state index in [0.717, 1.165) is 48.9 Å². The van der Waals surface area contributed by atoms with Gasteiger partial charge in [0, 0.05) is 56.4 Å². The third-order valence-electron chi connectivity index (χ3n) is 5.49. The number of halogens is 1. The number of aromatic nitrogens is 2. The van der Waals surface area contributed by atoms with Crippen LogP contribution in [0.1, 0.15) is 0 Å². The third kappa shape index (κ3) is 4.86. The first-order valence-electron chi connectivity index (χ1n) is 10.2. The molecule has 162 valence electrons. The van der Waals surface area contributed by atoms with Gasteiger partial charge in [-0.3, -0.25) is 14.4 Å². The second-order valence-electron chi connectivity index (χ2n) is 7.55. The lowest BCUT2D eigenvalue weighted by molar-refractivity contribution is -0.117. The van der Waals surface area contributed by atoms with Gasteiger partial charge in [0.05, 0.1) is 19.3 Å². The summed E-state index contributed by atoms with van der Waals surface area (Å²) in [4.78, 5) is 16.9. The highest BCUT2D eigenvalue weighted by Crippen LogP contribution is 2.32. The topological polar surface area (TPSA) is 62.6 Å². The highest BCUT2D eigenvalue weighted by Gasteiger charge is 2.20. The predicted octanol–water partition coefficient (Wildman–Crippen LogP) is 3.00. The van der Waals surface area contributed by atoms with E-state index in [1.165, 1.54) is 6.07 Å². The van der Waals surface area contributed by atoms with Crippen LogP contribution in [0, 0.1) is 5.82 Å². The number of ether oxygens (including phenoxy) is 1. The average molecular weight is 423 g/mol. The number of carbonyl (C=O) groups excluding carboxylic acids is 1. The second-order valence-corrected chi connectivity index (χ2v) is 7.55. The molecule has 1 N–H and O–H groups in total. The van der Waals surface area contributed by atoms with E-state index in [-0.39, 0.29) is 11.7 Å². The van der Waals surface area contributed by atoms with Crippen LogP contribution in [0.3, 0.4) is 0 Å². The molecule has 0 radical (unpaired) electrons. The van der Waals surface area contributed by atoms with Crippen molar-refractivity contribution in [1.29, 1.82) is 0 Å². The monoisotopic (exact) mass is 423 g/mol. The maximum atomic E-state index is 13.5. The van der Waals surface area contributed by atoms with Crippen molar-refractivity contribution in [3.05, 3.63) is 60.5 Å². The molecule has 4 rings (SSSR count). The number of piperazine rings is 1. The minimum absolute atomic E-state index is 0.0691. The number of aryl methyl sites for hydroxylation is 1. The molecule has 1 saturated heterocycles. The van der Waals surface area contributed by atoms with Crippen LogP contribution >= 0.6 is 0 Å². The molecule has 2 aromatic carbocycles. The molecular formula is C23H26FN5O2. The number of amides is 1. The number of carbonyl (C=O) groups is 1. The van der Waals surface area contributed by atoms with E-state index in [9.17, 15) is 9.18 Å².